The maximum absolute atomic E-state index is 12.9. The zero-order chi connectivity index (χ0) is 47.8. The number of unbranched alkanes of at least 4 members (excludes halogenated alkanes) is 10. The largest absolute Gasteiger partial charge is 0.462 e. The van der Waals surface area contributed by atoms with Gasteiger partial charge in [0.1, 0.15) is 6.10 Å². The molecule has 4 aliphatic rings. The molecule has 0 aromatic rings. The number of fused-ring (bicyclic) bond motifs is 5. The highest BCUT2D eigenvalue weighted by Gasteiger charge is 2.59. The van der Waals surface area contributed by atoms with Gasteiger partial charge in [-0.05, 0) is 162 Å². The lowest BCUT2D eigenvalue weighted by molar-refractivity contribution is -0.151. The Hall–Kier alpha value is -2.87. The molecule has 0 aromatic carbocycles. The third-order valence-corrected chi connectivity index (χ3v) is 17.0. The summed E-state index contributed by atoms with van der Waals surface area (Å²) in [5, 5.41) is 0. The number of rotatable bonds is 34. The average molecular weight is 918 g/mol. The lowest BCUT2D eigenvalue weighted by atomic mass is 9.47. The normalized spacial score (nSPS) is 27.3. The van der Waals surface area contributed by atoms with Gasteiger partial charge in [0, 0.05) is 12.8 Å². The summed E-state index contributed by atoms with van der Waals surface area (Å²) >= 11 is 0. The Labute approximate surface area is 415 Å². The van der Waals surface area contributed by atoms with Gasteiger partial charge in [-0.15, -0.1) is 0 Å². The third-order valence-electron chi connectivity index (χ3n) is 17.0. The average Bonchev–Trinajstić information content (AvgIpc) is 3.67. The standard InChI is InChI=1S/C65H104O2/c1-7-8-9-10-11-12-13-14-15-16-17-18-19-20-21-22-23-24-25-26-27-28-29-30-31-32-33-34-35-36-37-38-39-40-41-45-63(66)67-58-50-52-64(5)57(54-58)46-47-59-61-49-48-60(56(4)44-42-43-55(2)3)65(61,6)53-51-62(59)64/h8-9,11-12,14-15,17-18,20-21,23-24,26-27,29-30,46,55-56,58-62H,7,10,13,16,19,22,25,28,31-45,47-54H2,1-6H3/b9-8-,12-11-,15-14-,18-17-,21-20-,24-23-,27-26-,30-29-. The van der Waals surface area contributed by atoms with E-state index in [2.05, 4.69) is 145 Å². The molecule has 0 aromatic heterocycles. The maximum Gasteiger partial charge on any atom is 0.306 e. The van der Waals surface area contributed by atoms with Crippen LogP contribution in [-0.4, -0.2) is 12.1 Å². The molecule has 3 saturated carbocycles. The van der Waals surface area contributed by atoms with Crippen LogP contribution in [0.5, 0.6) is 0 Å². The minimum atomic E-state index is 0.0546. The maximum atomic E-state index is 12.9. The second kappa shape index (κ2) is 33.6. The number of allylic oxidation sites excluding steroid dienone is 17. The van der Waals surface area contributed by atoms with Crippen LogP contribution in [-0.2, 0) is 9.53 Å². The van der Waals surface area contributed by atoms with Crippen molar-refractivity contribution in [3.8, 4) is 0 Å². The lowest BCUT2D eigenvalue weighted by Crippen LogP contribution is -2.51. The predicted octanol–water partition coefficient (Wildman–Crippen LogP) is 20.2. The van der Waals surface area contributed by atoms with Crippen molar-refractivity contribution in [1.29, 1.82) is 0 Å². The van der Waals surface area contributed by atoms with E-state index < -0.39 is 0 Å². The molecule has 4 rings (SSSR count). The molecule has 0 bridgehead atoms. The van der Waals surface area contributed by atoms with Crippen LogP contribution in [0.15, 0.2) is 109 Å². The smallest absolute Gasteiger partial charge is 0.306 e. The van der Waals surface area contributed by atoms with E-state index in [1.807, 2.05) is 0 Å². The molecule has 0 N–H and O–H groups in total. The minimum Gasteiger partial charge on any atom is -0.462 e. The Balaban J connectivity index is 0.920. The summed E-state index contributed by atoms with van der Waals surface area (Å²) in [5.41, 5.74) is 2.51. The fourth-order valence-corrected chi connectivity index (χ4v) is 13.1. The van der Waals surface area contributed by atoms with E-state index in [-0.39, 0.29) is 12.1 Å². The number of hydrogen-bond acceptors (Lipinski definition) is 2. The summed E-state index contributed by atoms with van der Waals surface area (Å²) in [6, 6.07) is 0. The molecule has 376 valence electrons. The van der Waals surface area contributed by atoms with E-state index in [1.54, 1.807) is 5.57 Å². The molecule has 0 heterocycles. The summed E-state index contributed by atoms with van der Waals surface area (Å²) in [6.07, 6.45) is 76.4. The number of ether oxygens (including phenoxy) is 1. The minimum absolute atomic E-state index is 0.0546. The second-order valence-corrected chi connectivity index (χ2v) is 22.5. The Morgan fingerprint density at radius 3 is 1.63 bits per heavy atom. The lowest BCUT2D eigenvalue weighted by Gasteiger charge is -2.58. The molecule has 4 aliphatic carbocycles. The molecule has 2 heteroatoms. The fourth-order valence-electron chi connectivity index (χ4n) is 13.1. The van der Waals surface area contributed by atoms with E-state index in [1.165, 1.54) is 116 Å². The van der Waals surface area contributed by atoms with Crippen LogP contribution in [0.1, 0.15) is 241 Å². The van der Waals surface area contributed by atoms with Gasteiger partial charge in [-0.25, -0.2) is 0 Å². The van der Waals surface area contributed by atoms with E-state index in [9.17, 15) is 4.79 Å². The molecule has 8 unspecified atom stereocenters. The van der Waals surface area contributed by atoms with E-state index in [4.69, 9.17) is 4.74 Å². The van der Waals surface area contributed by atoms with Crippen molar-refractivity contribution in [2.24, 2.45) is 46.3 Å². The van der Waals surface area contributed by atoms with Gasteiger partial charge in [0.25, 0.3) is 0 Å². The van der Waals surface area contributed by atoms with E-state index >= 15 is 0 Å². The first-order valence-corrected chi connectivity index (χ1v) is 28.8. The van der Waals surface area contributed by atoms with Gasteiger partial charge in [-0.1, -0.05) is 221 Å². The summed E-state index contributed by atoms with van der Waals surface area (Å²) in [7, 11) is 0. The monoisotopic (exact) mass is 917 g/mol. The quantitative estimate of drug-likeness (QED) is 0.0365. The zero-order valence-corrected chi connectivity index (χ0v) is 44.6. The number of hydrogen-bond donors (Lipinski definition) is 0. The van der Waals surface area contributed by atoms with Crippen molar-refractivity contribution < 1.29 is 9.53 Å². The fraction of sp³-hybridized carbons (Fsp3) is 0.708. The molecule has 0 spiro atoms. The van der Waals surface area contributed by atoms with E-state index in [0.717, 1.165) is 113 Å². The van der Waals surface area contributed by atoms with Crippen LogP contribution in [0.2, 0.25) is 0 Å². The van der Waals surface area contributed by atoms with Crippen molar-refractivity contribution in [2.75, 3.05) is 0 Å². The molecular formula is C65H104O2. The van der Waals surface area contributed by atoms with Gasteiger partial charge >= 0.3 is 5.97 Å². The Morgan fingerprint density at radius 1 is 0.582 bits per heavy atom. The number of carbonyl (C=O) groups is 1. The van der Waals surface area contributed by atoms with Crippen molar-refractivity contribution in [1.82, 2.24) is 0 Å². The van der Waals surface area contributed by atoms with Crippen LogP contribution in [0, 0.1) is 46.3 Å². The van der Waals surface area contributed by atoms with Crippen LogP contribution < -0.4 is 0 Å². The van der Waals surface area contributed by atoms with Crippen LogP contribution in [0.3, 0.4) is 0 Å². The van der Waals surface area contributed by atoms with Gasteiger partial charge in [0.15, 0.2) is 0 Å². The molecule has 0 radical (unpaired) electrons. The van der Waals surface area contributed by atoms with Crippen molar-refractivity contribution >= 4 is 5.97 Å². The van der Waals surface area contributed by atoms with Crippen LogP contribution >= 0.6 is 0 Å². The summed E-state index contributed by atoms with van der Waals surface area (Å²) in [4.78, 5) is 12.9. The second-order valence-electron chi connectivity index (χ2n) is 22.5. The summed E-state index contributed by atoms with van der Waals surface area (Å²) in [6.45, 7) is 14.8. The number of carbonyl (C=O) groups excluding carboxylic acids is 1. The highest BCUT2D eigenvalue weighted by atomic mass is 16.5. The Bertz CT molecular complexity index is 1610. The highest BCUT2D eigenvalue weighted by molar-refractivity contribution is 5.69. The summed E-state index contributed by atoms with van der Waals surface area (Å²) in [5.74, 6) is 5.27. The molecule has 0 aliphatic heterocycles. The molecule has 67 heavy (non-hydrogen) atoms. The van der Waals surface area contributed by atoms with Crippen LogP contribution in [0.4, 0.5) is 0 Å². The summed E-state index contributed by atoms with van der Waals surface area (Å²) < 4.78 is 6.17. The van der Waals surface area contributed by atoms with Crippen molar-refractivity contribution in [2.45, 2.75) is 247 Å². The zero-order valence-electron chi connectivity index (χ0n) is 44.6. The van der Waals surface area contributed by atoms with Crippen molar-refractivity contribution in [3.05, 3.63) is 109 Å². The Kier molecular flexibility index (Phi) is 28.5. The Morgan fingerprint density at radius 2 is 1.09 bits per heavy atom. The molecule has 8 atom stereocenters. The van der Waals surface area contributed by atoms with Gasteiger partial charge in [-0.2, -0.15) is 0 Å². The highest BCUT2D eigenvalue weighted by Crippen LogP contribution is 2.67. The van der Waals surface area contributed by atoms with Gasteiger partial charge in [-0.3, -0.25) is 4.79 Å². The van der Waals surface area contributed by atoms with Crippen LogP contribution in [0.25, 0.3) is 0 Å². The first-order valence-electron chi connectivity index (χ1n) is 28.8. The molecule has 2 nitrogen and oxygen atoms in total. The third kappa shape index (κ3) is 20.9. The molecule has 0 amide bonds. The molecule has 0 saturated heterocycles. The first-order chi connectivity index (χ1) is 32.7. The first kappa shape index (κ1) is 56.7. The van der Waals surface area contributed by atoms with Gasteiger partial charge in [0.05, 0.1) is 0 Å². The number of esters is 1. The molecule has 3 fully saturated rings. The predicted molar refractivity (Wildman–Crippen MR) is 294 cm³/mol. The van der Waals surface area contributed by atoms with E-state index in [0.29, 0.717) is 17.3 Å². The SMILES string of the molecule is CC/C=C\C/C=C\C/C=C\C/C=C\C/C=C\C/C=C\C/C=C\C/C=C\CCCCCCCCCCCCC(=O)OC1CCC2(C)C(=CCC3C2CCC2(C)C(C(C)CCCC(C)C)CCC32)C1. The van der Waals surface area contributed by atoms with Gasteiger partial charge in [0.2, 0.25) is 0 Å². The molecular weight excluding hydrogens is 813 g/mol. The van der Waals surface area contributed by atoms with Crippen molar-refractivity contribution in [3.63, 3.8) is 0 Å². The topological polar surface area (TPSA) is 26.3 Å². The van der Waals surface area contributed by atoms with Gasteiger partial charge < -0.3 is 4.74 Å².